The maximum atomic E-state index is 12.1. The van der Waals surface area contributed by atoms with E-state index in [2.05, 4.69) is 11.9 Å². The van der Waals surface area contributed by atoms with E-state index in [9.17, 15) is 4.79 Å². The van der Waals surface area contributed by atoms with E-state index in [-0.39, 0.29) is 30.6 Å². The molecule has 2 aliphatic heterocycles. The van der Waals surface area contributed by atoms with Crippen LogP contribution in [-0.2, 0) is 9.47 Å². The number of rotatable bonds is 0. The van der Waals surface area contributed by atoms with Gasteiger partial charge < -0.3 is 14.4 Å². The van der Waals surface area contributed by atoms with Crippen molar-refractivity contribution in [1.82, 2.24) is 9.80 Å². The van der Waals surface area contributed by atoms with Crippen LogP contribution in [0.25, 0.3) is 0 Å². The molecule has 0 saturated carbocycles. The van der Waals surface area contributed by atoms with Crippen molar-refractivity contribution in [2.45, 2.75) is 38.5 Å². The Morgan fingerprint density at radius 3 is 2.61 bits per heavy atom. The van der Waals surface area contributed by atoms with Gasteiger partial charge in [0.1, 0.15) is 5.60 Å². The predicted molar refractivity (Wildman–Crippen MR) is 71.2 cm³/mol. The third kappa shape index (κ3) is 3.49. The lowest BCUT2D eigenvalue weighted by Gasteiger charge is -2.37. The lowest BCUT2D eigenvalue weighted by molar-refractivity contribution is -0.0569. The highest BCUT2D eigenvalue weighted by Crippen LogP contribution is 2.23. The molecule has 1 amide bonds. The Morgan fingerprint density at radius 1 is 1.33 bits per heavy atom. The number of carbonyl (C=O) groups is 1. The number of hydrogen-bond donors (Lipinski definition) is 0. The van der Waals surface area contributed by atoms with Crippen molar-refractivity contribution >= 4 is 18.5 Å². The molecule has 6 heteroatoms. The third-order valence-corrected chi connectivity index (χ3v) is 3.11. The lowest BCUT2D eigenvalue weighted by Crippen LogP contribution is -2.54. The number of fused-ring (bicyclic) bond motifs is 1. The largest absolute Gasteiger partial charge is 0.444 e. The van der Waals surface area contributed by atoms with Crippen LogP contribution in [0, 0.1) is 0 Å². The molecule has 0 unspecified atom stereocenters. The smallest absolute Gasteiger partial charge is 0.410 e. The quantitative estimate of drug-likeness (QED) is 0.671. The van der Waals surface area contributed by atoms with Gasteiger partial charge in [-0.1, -0.05) is 0 Å². The van der Waals surface area contributed by atoms with E-state index in [1.807, 2.05) is 25.7 Å². The van der Waals surface area contributed by atoms with Crippen LogP contribution in [0.2, 0.25) is 0 Å². The standard InChI is InChI=1S/C12H22N2O3.ClH/c1-12(2,3)17-11(15)14-5-6-16-10-8-13(4)7-9(10)14;/h9-10H,5-8H2,1-4H3;1H/t9-,10+;/m1./s1. The molecule has 0 radical (unpaired) electrons. The van der Waals surface area contributed by atoms with Crippen LogP contribution in [0.5, 0.6) is 0 Å². The van der Waals surface area contributed by atoms with E-state index < -0.39 is 5.60 Å². The molecule has 2 aliphatic rings. The molecule has 0 bridgehead atoms. The molecule has 2 heterocycles. The second-order valence-electron chi connectivity index (χ2n) is 5.87. The topological polar surface area (TPSA) is 42.0 Å². The fourth-order valence-electron chi connectivity index (χ4n) is 2.42. The molecule has 0 aliphatic carbocycles. The minimum absolute atomic E-state index is 0. The summed E-state index contributed by atoms with van der Waals surface area (Å²) in [6.45, 7) is 8.67. The summed E-state index contributed by atoms with van der Waals surface area (Å²) >= 11 is 0. The van der Waals surface area contributed by atoms with Crippen molar-refractivity contribution < 1.29 is 14.3 Å². The number of amides is 1. The SMILES string of the molecule is CN1C[C@@H]2OCCN(C(=O)OC(C)(C)C)[C@@H]2C1.Cl. The van der Waals surface area contributed by atoms with Gasteiger partial charge in [0.15, 0.2) is 0 Å². The summed E-state index contributed by atoms with van der Waals surface area (Å²) in [6, 6.07) is 0.142. The van der Waals surface area contributed by atoms with Crippen molar-refractivity contribution in [2.75, 3.05) is 33.3 Å². The van der Waals surface area contributed by atoms with Gasteiger partial charge in [-0.05, 0) is 27.8 Å². The van der Waals surface area contributed by atoms with Crippen LogP contribution >= 0.6 is 12.4 Å². The van der Waals surface area contributed by atoms with E-state index in [4.69, 9.17) is 9.47 Å². The van der Waals surface area contributed by atoms with Gasteiger partial charge in [0, 0.05) is 19.6 Å². The number of hydrogen-bond acceptors (Lipinski definition) is 4. The zero-order chi connectivity index (χ0) is 12.6. The first kappa shape index (κ1) is 15.5. The monoisotopic (exact) mass is 278 g/mol. The van der Waals surface area contributed by atoms with Crippen LogP contribution in [0.1, 0.15) is 20.8 Å². The first-order chi connectivity index (χ1) is 7.87. The van der Waals surface area contributed by atoms with Crippen LogP contribution < -0.4 is 0 Å². The van der Waals surface area contributed by atoms with Crippen LogP contribution in [0.4, 0.5) is 4.79 Å². The van der Waals surface area contributed by atoms with Crippen molar-refractivity contribution in [3.63, 3.8) is 0 Å². The Hall–Kier alpha value is -0.520. The number of morpholine rings is 1. The fraction of sp³-hybridized carbons (Fsp3) is 0.917. The summed E-state index contributed by atoms with van der Waals surface area (Å²) in [5.74, 6) is 0. The molecule has 0 N–H and O–H groups in total. The Morgan fingerprint density at radius 2 is 2.00 bits per heavy atom. The number of likely N-dealkylation sites (tertiary alicyclic amines) is 1. The summed E-state index contributed by atoms with van der Waals surface area (Å²) in [4.78, 5) is 16.1. The highest BCUT2D eigenvalue weighted by atomic mass is 35.5. The van der Waals surface area contributed by atoms with Gasteiger partial charge in [-0.3, -0.25) is 4.90 Å². The van der Waals surface area contributed by atoms with Crippen molar-refractivity contribution in [3.05, 3.63) is 0 Å². The van der Waals surface area contributed by atoms with Gasteiger partial charge in [0.2, 0.25) is 0 Å². The number of ether oxygens (including phenoxy) is 2. The summed E-state index contributed by atoms with van der Waals surface area (Å²) in [6.07, 6.45) is -0.0765. The van der Waals surface area contributed by atoms with Gasteiger partial charge in [0.25, 0.3) is 0 Å². The summed E-state index contributed by atoms with van der Waals surface area (Å²) in [5, 5.41) is 0. The predicted octanol–water partition coefficient (Wildman–Crippen LogP) is 1.36. The second kappa shape index (κ2) is 5.63. The zero-order valence-electron chi connectivity index (χ0n) is 11.5. The van der Waals surface area contributed by atoms with Gasteiger partial charge in [-0.2, -0.15) is 0 Å². The van der Waals surface area contributed by atoms with Gasteiger partial charge >= 0.3 is 6.09 Å². The number of nitrogens with zero attached hydrogens (tertiary/aromatic N) is 2. The molecular formula is C12H23ClN2O3. The fourth-order valence-corrected chi connectivity index (χ4v) is 2.42. The zero-order valence-corrected chi connectivity index (χ0v) is 12.3. The molecule has 0 aromatic carbocycles. The van der Waals surface area contributed by atoms with E-state index in [0.717, 1.165) is 13.1 Å². The first-order valence-corrected chi connectivity index (χ1v) is 6.16. The molecule has 18 heavy (non-hydrogen) atoms. The van der Waals surface area contributed by atoms with Gasteiger partial charge in [-0.25, -0.2) is 4.79 Å². The normalized spacial score (nSPS) is 28.6. The van der Waals surface area contributed by atoms with Crippen molar-refractivity contribution in [3.8, 4) is 0 Å². The molecule has 0 aromatic rings. The van der Waals surface area contributed by atoms with E-state index in [1.165, 1.54) is 0 Å². The molecule has 0 spiro atoms. The molecule has 5 nitrogen and oxygen atoms in total. The Kier molecular flexibility index (Phi) is 4.86. The molecule has 2 fully saturated rings. The molecule has 2 atom stereocenters. The highest BCUT2D eigenvalue weighted by Gasteiger charge is 2.42. The van der Waals surface area contributed by atoms with E-state index >= 15 is 0 Å². The van der Waals surface area contributed by atoms with Crippen LogP contribution in [-0.4, -0.2) is 66.9 Å². The first-order valence-electron chi connectivity index (χ1n) is 6.16. The summed E-state index contributed by atoms with van der Waals surface area (Å²) < 4.78 is 11.1. The maximum Gasteiger partial charge on any atom is 0.410 e. The van der Waals surface area contributed by atoms with Crippen molar-refractivity contribution in [1.29, 1.82) is 0 Å². The van der Waals surface area contributed by atoms with Crippen molar-refractivity contribution in [2.24, 2.45) is 0 Å². The minimum atomic E-state index is -0.435. The van der Waals surface area contributed by atoms with Crippen LogP contribution in [0.15, 0.2) is 0 Å². The van der Waals surface area contributed by atoms with Gasteiger partial charge in [0.05, 0.1) is 18.8 Å². The summed E-state index contributed by atoms with van der Waals surface area (Å²) in [5.41, 5.74) is -0.435. The summed E-state index contributed by atoms with van der Waals surface area (Å²) in [7, 11) is 2.05. The Labute approximate surface area is 115 Å². The second-order valence-corrected chi connectivity index (χ2v) is 5.87. The average molecular weight is 279 g/mol. The maximum absolute atomic E-state index is 12.1. The lowest BCUT2D eigenvalue weighted by atomic mass is 10.1. The van der Waals surface area contributed by atoms with E-state index in [1.54, 1.807) is 0 Å². The molecular weight excluding hydrogens is 256 g/mol. The highest BCUT2D eigenvalue weighted by molar-refractivity contribution is 5.85. The molecule has 2 rings (SSSR count). The minimum Gasteiger partial charge on any atom is -0.444 e. The van der Waals surface area contributed by atoms with Crippen LogP contribution in [0.3, 0.4) is 0 Å². The Bertz CT molecular complexity index is 306. The number of halogens is 1. The number of carbonyl (C=O) groups excluding carboxylic acids is 1. The van der Waals surface area contributed by atoms with E-state index in [0.29, 0.717) is 13.2 Å². The third-order valence-electron chi connectivity index (χ3n) is 3.11. The number of likely N-dealkylation sites (N-methyl/N-ethyl adjacent to an activating group) is 1. The molecule has 106 valence electrons. The average Bonchev–Trinajstić information content (AvgIpc) is 2.54. The molecule has 2 saturated heterocycles. The molecule has 0 aromatic heterocycles. The Balaban J connectivity index is 0.00000162. The van der Waals surface area contributed by atoms with Gasteiger partial charge in [-0.15, -0.1) is 12.4 Å².